The molecule has 0 radical (unpaired) electrons. The monoisotopic (exact) mass is 261 g/mol. The molecule has 1 fully saturated rings. The number of hydrogen-bond acceptors (Lipinski definition) is 2. The Morgan fingerprint density at radius 1 is 1.21 bits per heavy atom. The van der Waals surface area contributed by atoms with Gasteiger partial charge in [0.2, 0.25) is 0 Å². The van der Waals surface area contributed by atoms with Gasteiger partial charge >= 0.3 is 0 Å². The van der Waals surface area contributed by atoms with Crippen molar-refractivity contribution >= 4 is 0 Å². The summed E-state index contributed by atoms with van der Waals surface area (Å²) >= 11 is 0. The maximum absolute atomic E-state index is 9.79. The van der Waals surface area contributed by atoms with E-state index in [1.165, 1.54) is 5.56 Å². The van der Waals surface area contributed by atoms with Crippen LogP contribution in [-0.2, 0) is 0 Å². The Hall–Kier alpha value is -0.860. The second-order valence-corrected chi connectivity index (χ2v) is 6.43. The SMILES string of the molecule is CC(C)C(c1ccccc1)C1(CN)CCC(O)CC1. The van der Waals surface area contributed by atoms with E-state index in [9.17, 15) is 5.11 Å². The van der Waals surface area contributed by atoms with Gasteiger partial charge in [-0.2, -0.15) is 0 Å². The second-order valence-electron chi connectivity index (χ2n) is 6.43. The maximum Gasteiger partial charge on any atom is 0.0540 e. The van der Waals surface area contributed by atoms with E-state index in [0.717, 1.165) is 32.2 Å². The van der Waals surface area contributed by atoms with Crippen molar-refractivity contribution in [1.82, 2.24) is 0 Å². The van der Waals surface area contributed by atoms with Gasteiger partial charge in [-0.05, 0) is 55.0 Å². The molecule has 2 heteroatoms. The summed E-state index contributed by atoms with van der Waals surface area (Å²) in [6.07, 6.45) is 3.76. The van der Waals surface area contributed by atoms with Crippen molar-refractivity contribution < 1.29 is 5.11 Å². The molecular formula is C17H27NO. The lowest BCUT2D eigenvalue weighted by Crippen LogP contribution is -2.43. The molecule has 1 unspecified atom stereocenters. The van der Waals surface area contributed by atoms with Crippen LogP contribution in [0, 0.1) is 11.3 Å². The fourth-order valence-electron chi connectivity index (χ4n) is 3.93. The molecule has 19 heavy (non-hydrogen) atoms. The molecule has 0 spiro atoms. The molecular weight excluding hydrogens is 234 g/mol. The third-order valence-corrected chi connectivity index (χ3v) is 4.84. The average Bonchev–Trinajstić information content (AvgIpc) is 2.42. The van der Waals surface area contributed by atoms with E-state index in [2.05, 4.69) is 44.2 Å². The lowest BCUT2D eigenvalue weighted by atomic mass is 9.60. The van der Waals surface area contributed by atoms with Crippen molar-refractivity contribution in [3.05, 3.63) is 35.9 Å². The highest BCUT2D eigenvalue weighted by molar-refractivity contribution is 5.23. The molecule has 0 aromatic heterocycles. The molecule has 1 aliphatic rings. The molecule has 1 saturated carbocycles. The zero-order valence-electron chi connectivity index (χ0n) is 12.2. The Labute approximate surface area is 117 Å². The molecule has 106 valence electrons. The van der Waals surface area contributed by atoms with Crippen LogP contribution >= 0.6 is 0 Å². The molecule has 0 saturated heterocycles. The van der Waals surface area contributed by atoms with Gasteiger partial charge in [-0.3, -0.25) is 0 Å². The van der Waals surface area contributed by atoms with Crippen LogP contribution in [0.5, 0.6) is 0 Å². The van der Waals surface area contributed by atoms with Crippen molar-refractivity contribution in [3.8, 4) is 0 Å². The molecule has 0 heterocycles. The van der Waals surface area contributed by atoms with Crippen LogP contribution in [0.15, 0.2) is 30.3 Å². The predicted octanol–water partition coefficient (Wildman–Crippen LogP) is 3.31. The Balaban J connectivity index is 2.32. The van der Waals surface area contributed by atoms with Crippen molar-refractivity contribution in [2.24, 2.45) is 17.1 Å². The van der Waals surface area contributed by atoms with Crippen LogP contribution in [-0.4, -0.2) is 17.8 Å². The van der Waals surface area contributed by atoms with E-state index < -0.39 is 0 Å². The van der Waals surface area contributed by atoms with Crippen molar-refractivity contribution in [2.45, 2.75) is 51.6 Å². The lowest BCUT2D eigenvalue weighted by molar-refractivity contribution is 0.0401. The minimum absolute atomic E-state index is 0.122. The number of benzene rings is 1. The summed E-state index contributed by atoms with van der Waals surface area (Å²) in [6.45, 7) is 5.30. The molecule has 2 rings (SSSR count). The summed E-state index contributed by atoms with van der Waals surface area (Å²) in [5, 5.41) is 9.79. The van der Waals surface area contributed by atoms with Gasteiger partial charge in [-0.15, -0.1) is 0 Å². The predicted molar refractivity (Wildman–Crippen MR) is 80.0 cm³/mol. The average molecular weight is 261 g/mol. The summed E-state index contributed by atoms with van der Waals surface area (Å²) in [5.41, 5.74) is 7.74. The minimum Gasteiger partial charge on any atom is -0.393 e. The molecule has 3 N–H and O–H groups in total. The van der Waals surface area contributed by atoms with Crippen LogP contribution in [0.4, 0.5) is 0 Å². The number of rotatable bonds is 4. The topological polar surface area (TPSA) is 46.2 Å². The normalized spacial score (nSPS) is 29.4. The molecule has 2 nitrogen and oxygen atoms in total. The first-order valence-corrected chi connectivity index (χ1v) is 7.52. The summed E-state index contributed by atoms with van der Waals surface area (Å²) in [6, 6.07) is 10.8. The minimum atomic E-state index is -0.122. The largest absolute Gasteiger partial charge is 0.393 e. The zero-order valence-corrected chi connectivity index (χ0v) is 12.2. The number of hydrogen-bond donors (Lipinski definition) is 2. The van der Waals surface area contributed by atoms with Crippen LogP contribution in [0.25, 0.3) is 0 Å². The number of aliphatic hydroxyl groups is 1. The summed E-state index contributed by atoms with van der Waals surface area (Å²) < 4.78 is 0. The summed E-state index contributed by atoms with van der Waals surface area (Å²) in [4.78, 5) is 0. The van der Waals surface area contributed by atoms with Gasteiger partial charge in [0.25, 0.3) is 0 Å². The quantitative estimate of drug-likeness (QED) is 0.873. The van der Waals surface area contributed by atoms with Crippen molar-refractivity contribution in [2.75, 3.05) is 6.54 Å². The van der Waals surface area contributed by atoms with Gasteiger partial charge in [-0.1, -0.05) is 44.2 Å². The molecule has 1 atom stereocenters. The first-order chi connectivity index (χ1) is 9.09. The van der Waals surface area contributed by atoms with E-state index in [1.54, 1.807) is 0 Å². The van der Waals surface area contributed by atoms with Gasteiger partial charge in [0.15, 0.2) is 0 Å². The van der Waals surface area contributed by atoms with Gasteiger partial charge in [0.05, 0.1) is 6.10 Å². The van der Waals surface area contributed by atoms with E-state index in [-0.39, 0.29) is 11.5 Å². The fraction of sp³-hybridized carbons (Fsp3) is 0.647. The Morgan fingerprint density at radius 2 is 1.79 bits per heavy atom. The highest BCUT2D eigenvalue weighted by Gasteiger charge is 2.42. The van der Waals surface area contributed by atoms with E-state index in [1.807, 2.05) is 0 Å². The van der Waals surface area contributed by atoms with Gasteiger partial charge in [-0.25, -0.2) is 0 Å². The molecule has 1 aromatic rings. The third-order valence-electron chi connectivity index (χ3n) is 4.84. The van der Waals surface area contributed by atoms with E-state index in [0.29, 0.717) is 11.8 Å². The van der Waals surface area contributed by atoms with E-state index in [4.69, 9.17) is 5.73 Å². The zero-order chi connectivity index (χ0) is 13.9. The van der Waals surface area contributed by atoms with Crippen LogP contribution in [0.3, 0.4) is 0 Å². The summed E-state index contributed by atoms with van der Waals surface area (Å²) in [5.74, 6) is 1.06. The first-order valence-electron chi connectivity index (χ1n) is 7.52. The summed E-state index contributed by atoms with van der Waals surface area (Å²) in [7, 11) is 0. The fourth-order valence-corrected chi connectivity index (χ4v) is 3.93. The van der Waals surface area contributed by atoms with Crippen LogP contribution in [0.1, 0.15) is 51.0 Å². The number of nitrogens with two attached hydrogens (primary N) is 1. The molecule has 0 aliphatic heterocycles. The van der Waals surface area contributed by atoms with Crippen LogP contribution in [0.2, 0.25) is 0 Å². The highest BCUT2D eigenvalue weighted by atomic mass is 16.3. The van der Waals surface area contributed by atoms with Gasteiger partial charge in [0.1, 0.15) is 0 Å². The Kier molecular flexibility index (Phi) is 4.64. The first kappa shape index (κ1) is 14.5. The Morgan fingerprint density at radius 3 is 2.26 bits per heavy atom. The van der Waals surface area contributed by atoms with Gasteiger partial charge in [0, 0.05) is 0 Å². The molecule has 0 bridgehead atoms. The van der Waals surface area contributed by atoms with Crippen molar-refractivity contribution in [3.63, 3.8) is 0 Å². The number of aliphatic hydroxyl groups excluding tert-OH is 1. The standard InChI is InChI=1S/C17H27NO/c1-13(2)16(14-6-4-3-5-7-14)17(12-18)10-8-15(19)9-11-17/h3-7,13,15-16,19H,8-12,18H2,1-2H3. The molecule has 1 aliphatic carbocycles. The molecule has 1 aromatic carbocycles. The second kappa shape index (κ2) is 6.06. The van der Waals surface area contributed by atoms with Gasteiger partial charge < -0.3 is 10.8 Å². The van der Waals surface area contributed by atoms with Crippen LogP contribution < -0.4 is 5.73 Å². The smallest absolute Gasteiger partial charge is 0.0540 e. The van der Waals surface area contributed by atoms with E-state index >= 15 is 0 Å². The molecule has 0 amide bonds. The highest BCUT2D eigenvalue weighted by Crippen LogP contribution is 2.49. The van der Waals surface area contributed by atoms with Crippen molar-refractivity contribution in [1.29, 1.82) is 0 Å². The third kappa shape index (κ3) is 3.01. The Bertz CT molecular complexity index is 380. The maximum atomic E-state index is 9.79. The lowest BCUT2D eigenvalue weighted by Gasteiger charge is -2.46.